The topological polar surface area (TPSA) is 560 Å². The summed E-state index contributed by atoms with van der Waals surface area (Å²) in [6.07, 6.45) is -4.54. The summed E-state index contributed by atoms with van der Waals surface area (Å²) < 4.78 is 39.1. The minimum absolute atomic E-state index is 0. The fraction of sp³-hybridized carbons (Fsp3) is 0.341. The molecule has 0 saturated carbocycles. The Kier molecular flexibility index (Phi) is 67.3. The molecule has 0 radical (unpaired) electrons. The van der Waals surface area contributed by atoms with E-state index in [0.29, 0.717) is 64.1 Å². The third kappa shape index (κ3) is 46.3. The summed E-state index contributed by atoms with van der Waals surface area (Å²) in [4.78, 5) is 114. The Morgan fingerprint density at radius 2 is 0.806 bits per heavy atom. The number of carbonyl (C=O) groups excluding carboxylic acids is 7. The van der Waals surface area contributed by atoms with Crippen molar-refractivity contribution in [2.75, 3.05) is 114 Å². The number of aliphatic hydroxyl groups excluding tert-OH is 3. The van der Waals surface area contributed by atoms with E-state index in [1.165, 1.54) is 72.8 Å². The van der Waals surface area contributed by atoms with Crippen molar-refractivity contribution in [1.29, 1.82) is 0 Å². The minimum atomic E-state index is -0.978. The number of nitro benzene ring substituents is 3. The summed E-state index contributed by atoms with van der Waals surface area (Å²) >= 11 is 4.92. The molecule has 139 heavy (non-hydrogen) atoms. The standard InChI is InChI=1S/C20H29N5O2.2C17H18N2O5.C10H16N4O2.C10H15NO.C8H11NO.C7H4ClNO4.CO2.CH4O.Li.H2NO.5H2S/c1-6-25-18(21)15-12-24(20(2,3)17(15)22-25)19(26)27-16(13-23(4)5)14-10-8-7-9-11-14;2*1-18(2)12-16(13-6-4-3-5-7-13)24-17(20)23-15-10-8-14(9-11-15)19(21)22;1-4-16-9(15)14-8(11)6-5-12-10(2,3)7(6)13-14;1-11(2)8-10(12)9-6-4-3-5-7-9;9-6-8(10)7-4-2-1-3-5-7;8-7(10)13-6-3-1-5(2-4-6)9(11)12;2-1-3;1-2;;1-2;;;;;/h7-11,16H,6,12-13,21H2,1-5H3;2*3-11,16H,12H2,1-2H3;12H,4-5,11H2,1-3H3;3-7,10,12H,8H2,1-2H3;1-5,8,10H,6,9H2;1-4H;;2H,1H3;;1-2H;5*1H2/q;;;;;;;;;+1;-1;;;;;/t3*16-;;10-;8-;;;;;;;;;;/m111.11........../s1. The molecular formula is C91H127ClLiN17O24S5. The molecule has 41 nitrogen and oxygen atoms in total. The van der Waals surface area contributed by atoms with E-state index in [0.717, 1.165) is 62.1 Å². The molecule has 4 heterocycles. The van der Waals surface area contributed by atoms with Crippen LogP contribution in [-0.4, -0.2) is 218 Å². The maximum absolute atomic E-state index is 13.1. The molecule has 0 bridgehead atoms. The number of fused-ring (bicyclic) bond motifs is 2. The maximum Gasteiger partial charge on any atom is 1.00 e. The first-order valence-electron chi connectivity index (χ1n) is 40.8. The Balaban J connectivity index is -0.000000767. The number of hydrogen-bond acceptors (Lipinski definition) is 34. The quantitative estimate of drug-likeness (QED) is 0.00501. The third-order valence-electron chi connectivity index (χ3n) is 18.6. The smallest absolute Gasteiger partial charge is 0.553 e. The fourth-order valence-corrected chi connectivity index (χ4v) is 12.3. The van der Waals surface area contributed by atoms with E-state index < -0.39 is 62.5 Å². The van der Waals surface area contributed by atoms with Crippen LogP contribution in [0.5, 0.6) is 17.2 Å². The molecule has 12 rings (SSSR count). The molecule has 2 aliphatic heterocycles. The number of hydrogen-bond donors (Lipinski definition) is 8. The molecule has 0 aliphatic carbocycles. The molecule has 0 spiro atoms. The molecule has 0 fully saturated rings. The number of non-ortho nitro benzene ring substituents is 3. The van der Waals surface area contributed by atoms with Crippen molar-refractivity contribution < 1.29 is 121 Å². The van der Waals surface area contributed by atoms with Crippen molar-refractivity contribution in [3.63, 3.8) is 0 Å². The molecule has 0 unspecified atom stereocenters. The number of nitrogens with two attached hydrogens (primary N) is 3. The number of nitrogen functional groups attached to an aromatic ring is 2. The minimum Gasteiger partial charge on any atom is -0.553 e. The van der Waals surface area contributed by atoms with Gasteiger partial charge in [-0.1, -0.05) is 152 Å². The zero-order valence-electron chi connectivity index (χ0n) is 80.0. The van der Waals surface area contributed by atoms with Gasteiger partial charge in [0.15, 0.2) is 0 Å². The largest absolute Gasteiger partial charge is 1.00 e. The predicted octanol–water partition coefficient (Wildman–Crippen LogP) is 11.9. The second-order valence-corrected chi connectivity index (χ2v) is 30.6. The Bertz CT molecular complexity index is 5120. The van der Waals surface area contributed by atoms with Gasteiger partial charge in [-0.2, -0.15) is 87.3 Å². The summed E-state index contributed by atoms with van der Waals surface area (Å²) in [5, 5.41) is 75.6. The van der Waals surface area contributed by atoms with Crippen LogP contribution < -0.4 is 55.6 Å². The van der Waals surface area contributed by atoms with Crippen LogP contribution in [-0.2, 0) is 59.2 Å². The zero-order chi connectivity index (χ0) is 99.7. The molecule has 758 valence electrons. The molecule has 10 aromatic rings. The van der Waals surface area contributed by atoms with Gasteiger partial charge in [-0.15, -0.1) is 4.68 Å². The molecule has 2 aliphatic rings. The van der Waals surface area contributed by atoms with Gasteiger partial charge in [0.2, 0.25) is 0 Å². The van der Waals surface area contributed by atoms with Crippen LogP contribution in [0, 0.1) is 30.3 Å². The number of likely N-dealkylation sites (N-methyl/N-ethyl adjacent to an activating group) is 4. The molecule has 2 aromatic heterocycles. The number of anilines is 2. The van der Waals surface area contributed by atoms with Crippen LogP contribution in [0.25, 0.3) is 5.90 Å². The van der Waals surface area contributed by atoms with Crippen LogP contribution in [0.3, 0.4) is 0 Å². The van der Waals surface area contributed by atoms with Crippen molar-refractivity contribution in [2.24, 2.45) is 5.73 Å². The molecular weight excluding hydrogens is 1920 g/mol. The molecule has 12 N–H and O–H groups in total. The average molecular weight is 2050 g/mol. The van der Waals surface area contributed by atoms with Crippen LogP contribution in [0.2, 0.25) is 0 Å². The Morgan fingerprint density at radius 1 is 0.489 bits per heavy atom. The van der Waals surface area contributed by atoms with Crippen molar-refractivity contribution in [3.8, 4) is 17.2 Å². The Morgan fingerprint density at radius 3 is 1.09 bits per heavy atom. The second-order valence-electron chi connectivity index (χ2n) is 30.3. The summed E-state index contributed by atoms with van der Waals surface area (Å²) in [6.45, 7) is 16.3. The van der Waals surface area contributed by atoms with E-state index in [1.54, 1.807) is 16.5 Å². The number of nitro groups is 3. The third-order valence-corrected chi connectivity index (χ3v) is 18.7. The van der Waals surface area contributed by atoms with Crippen LogP contribution in [0.15, 0.2) is 224 Å². The Hall–Kier alpha value is -11.7. The number of ether oxygens (including phenoxy) is 7. The molecule has 48 heteroatoms. The van der Waals surface area contributed by atoms with E-state index in [4.69, 9.17) is 83.0 Å². The number of aliphatic hydroxyl groups is 3. The van der Waals surface area contributed by atoms with Gasteiger partial charge in [0, 0.05) is 112 Å². The number of halogens is 1. The summed E-state index contributed by atoms with van der Waals surface area (Å²) in [7, 11) is 16.3. The van der Waals surface area contributed by atoms with Crippen molar-refractivity contribution in [2.45, 2.75) is 103 Å². The monoisotopic (exact) mass is 2040 g/mol. The van der Waals surface area contributed by atoms with E-state index >= 15 is 0 Å². The van der Waals surface area contributed by atoms with Crippen molar-refractivity contribution in [1.82, 2.24) is 49.4 Å². The molecule has 8 aromatic carbocycles. The number of carbonyl (C=O) groups is 5. The maximum atomic E-state index is 13.1. The number of benzene rings is 8. The number of aromatic nitrogens is 4. The predicted molar refractivity (Wildman–Crippen MR) is 546 cm³/mol. The van der Waals surface area contributed by atoms with Crippen LogP contribution >= 0.6 is 79.1 Å². The zero-order valence-corrected chi connectivity index (χ0v) is 85.8. The van der Waals surface area contributed by atoms with Gasteiger partial charge in [0.25, 0.3) is 17.1 Å². The van der Waals surface area contributed by atoms with Gasteiger partial charge >= 0.3 is 54.9 Å². The molecule has 5 atom stereocenters. The first kappa shape index (κ1) is 134. The number of aryl methyl sites for hydroxylation is 1. The van der Waals surface area contributed by atoms with Gasteiger partial charge in [0.05, 0.1) is 62.6 Å². The van der Waals surface area contributed by atoms with Gasteiger partial charge < -0.3 is 102 Å². The fourth-order valence-electron chi connectivity index (χ4n) is 12.3. The molecule has 0 saturated heterocycles. The summed E-state index contributed by atoms with van der Waals surface area (Å²) in [5.74, 6) is 6.28. The normalized spacial score (nSPS) is 12.3. The second kappa shape index (κ2) is 70.0. The van der Waals surface area contributed by atoms with Crippen molar-refractivity contribution in [3.05, 3.63) is 311 Å². The van der Waals surface area contributed by atoms with Gasteiger partial charge in [-0.25, -0.2) is 28.7 Å². The Labute approximate surface area is 859 Å². The van der Waals surface area contributed by atoms with Gasteiger partial charge in [-0.3, -0.25) is 35.2 Å². The molecule has 1 amide bonds. The van der Waals surface area contributed by atoms with Crippen LogP contribution in [0.1, 0.15) is 122 Å². The van der Waals surface area contributed by atoms with Gasteiger partial charge in [-0.05, 0) is 162 Å². The first-order valence-corrected chi connectivity index (χ1v) is 41.1. The number of nitrogens with zero attached hydrogens (tertiary/aromatic N) is 12. The van der Waals surface area contributed by atoms with E-state index in [1.807, 2.05) is 262 Å². The number of nitrogens with one attached hydrogen (secondary N) is 2. The summed E-state index contributed by atoms with van der Waals surface area (Å²) in [6, 6.07) is 63.1. The average Bonchev–Trinajstić information content (AvgIpc) is 1.58. The van der Waals surface area contributed by atoms with Crippen LogP contribution in [0.4, 0.5) is 52.7 Å². The SMILES string of the molecule is CCOC(=O)n1nc2c(c1N)CNC2(C)C.CCn1nc2c(c1N)CN(C(=O)O[C@H](CN(C)C)c1ccccc1)C2(C)C.CN(C)C[C@@H](O)c1ccccc1.CN(C)C[C@@H](OC(=O)Oc1ccc([N+](=O)[O-])cc1)c1ccccc1.CN(C)C[C@@H](OC(=O)Oc1ccc([N+](=O)[O-])cc1)c1ccccc1.CO.NC[C@@H](O)c1ccccc1.O=C(Cl)Oc1ccc([N+](=O)[O-])cc1.O=C=O.S.S.S.S.S.[Li+].[NH-]O. The number of amides is 1. The van der Waals surface area contributed by atoms with Gasteiger partial charge in [0.1, 0.15) is 47.2 Å². The first-order chi connectivity index (χ1) is 63.2. The van der Waals surface area contributed by atoms with E-state index in [-0.39, 0.29) is 157 Å². The van der Waals surface area contributed by atoms with Crippen molar-refractivity contribution >= 4 is 144 Å². The van der Waals surface area contributed by atoms with E-state index in [2.05, 4.69) is 20.3 Å². The summed E-state index contributed by atoms with van der Waals surface area (Å²) in [5.41, 5.74) is 23.3. The number of rotatable bonds is 25. The van der Waals surface area contributed by atoms with E-state index in [9.17, 15) is 64.5 Å².